The van der Waals surface area contributed by atoms with Crippen LogP contribution in [0.5, 0.6) is 0 Å². The van der Waals surface area contributed by atoms with Crippen LogP contribution < -0.4 is 10.2 Å². The first kappa shape index (κ1) is 27.8. The van der Waals surface area contributed by atoms with Crippen molar-refractivity contribution in [1.29, 1.82) is 0 Å². The molecule has 0 radical (unpaired) electrons. The van der Waals surface area contributed by atoms with Gasteiger partial charge in [0.2, 0.25) is 0 Å². The standard InChI is InChI=1S/C28H24ClFN6O5S/c29-22-18(5-2-6-19(22)30)23-21(27(39)40)20(32-24(33-23)25-31-7-10-42-25)14-34-8-9-35-17(12-34)13-36(28(35)41)16-4-1-3-15(11-16)26(37)38/h1-7,10-11,17,23H,8-9,12-14H2,(H,32,33)(H,37,38)(H,39,40)/t17-,23-/m0/s1. The van der Waals surface area contributed by atoms with E-state index in [9.17, 15) is 29.0 Å². The topological polar surface area (TPSA) is 139 Å². The first-order valence-electron chi connectivity index (χ1n) is 13.0. The Morgan fingerprint density at radius 3 is 2.67 bits per heavy atom. The fourth-order valence-electron chi connectivity index (χ4n) is 5.54. The number of hydrogen-bond donors (Lipinski definition) is 3. The van der Waals surface area contributed by atoms with Crippen LogP contribution in [0.15, 0.2) is 70.3 Å². The van der Waals surface area contributed by atoms with Crippen molar-refractivity contribution in [3.63, 3.8) is 0 Å². The lowest BCUT2D eigenvalue weighted by molar-refractivity contribution is -0.133. The number of carboxylic acids is 2. The smallest absolute Gasteiger partial charge is 0.335 e. The molecule has 2 atom stereocenters. The molecular weight excluding hydrogens is 587 g/mol. The average Bonchev–Trinajstić information content (AvgIpc) is 3.62. The van der Waals surface area contributed by atoms with Crippen LogP contribution in [-0.2, 0) is 4.79 Å². The number of aliphatic imine (C=N–C) groups is 1. The van der Waals surface area contributed by atoms with Crippen LogP contribution in [0.1, 0.15) is 27.0 Å². The van der Waals surface area contributed by atoms with Crippen molar-refractivity contribution in [2.24, 2.45) is 4.99 Å². The van der Waals surface area contributed by atoms with Crippen LogP contribution in [0.3, 0.4) is 0 Å². The molecule has 3 aromatic rings. The van der Waals surface area contributed by atoms with E-state index in [1.807, 2.05) is 4.90 Å². The lowest BCUT2D eigenvalue weighted by atomic mass is 9.95. The Hall–Kier alpha value is -4.33. The second-order valence-electron chi connectivity index (χ2n) is 10.0. The van der Waals surface area contributed by atoms with Gasteiger partial charge in [-0.25, -0.2) is 23.8 Å². The Kier molecular flexibility index (Phi) is 7.39. The molecule has 1 aromatic heterocycles. The SMILES string of the molecule is O=C(O)C1=C(CN2CCN3C(=O)N(c4cccc(C(=O)O)c4)C[C@@H]3C2)NC(c2nccs2)=N[C@H]1c1cccc(F)c1Cl. The molecule has 11 nitrogen and oxygen atoms in total. The number of urea groups is 1. The van der Waals surface area contributed by atoms with Crippen molar-refractivity contribution in [3.8, 4) is 0 Å². The molecule has 6 rings (SSSR count). The summed E-state index contributed by atoms with van der Waals surface area (Å²) in [6, 6.07) is 9.00. The molecule has 42 heavy (non-hydrogen) atoms. The Balaban J connectivity index is 1.28. The maximum Gasteiger partial charge on any atom is 0.335 e. The summed E-state index contributed by atoms with van der Waals surface area (Å²) in [7, 11) is 0. The predicted octanol–water partition coefficient (Wildman–Crippen LogP) is 3.69. The van der Waals surface area contributed by atoms with E-state index < -0.39 is 23.8 Å². The molecule has 0 unspecified atom stereocenters. The third-order valence-corrected chi connectivity index (χ3v) is 8.67. The van der Waals surface area contributed by atoms with E-state index in [0.29, 0.717) is 48.4 Å². The zero-order valence-electron chi connectivity index (χ0n) is 21.9. The number of carboxylic acid groups (broad SMARTS) is 2. The van der Waals surface area contributed by atoms with Crippen LogP contribution in [0.4, 0.5) is 14.9 Å². The number of aromatic carboxylic acids is 1. The van der Waals surface area contributed by atoms with Crippen molar-refractivity contribution >= 4 is 52.4 Å². The number of aromatic nitrogens is 1. The molecule has 2 amide bonds. The minimum atomic E-state index is -1.22. The van der Waals surface area contributed by atoms with Gasteiger partial charge in [0.25, 0.3) is 0 Å². The molecular formula is C28H24ClFN6O5S. The maximum absolute atomic E-state index is 14.4. The molecule has 2 saturated heterocycles. The maximum atomic E-state index is 14.4. The molecule has 14 heteroatoms. The molecule has 0 bridgehead atoms. The largest absolute Gasteiger partial charge is 0.478 e. The molecule has 2 aromatic carbocycles. The minimum Gasteiger partial charge on any atom is -0.478 e. The van der Waals surface area contributed by atoms with Gasteiger partial charge in [0.1, 0.15) is 11.9 Å². The van der Waals surface area contributed by atoms with Crippen LogP contribution in [0.2, 0.25) is 5.02 Å². The number of piperazine rings is 1. The zero-order valence-corrected chi connectivity index (χ0v) is 23.5. The van der Waals surface area contributed by atoms with Gasteiger partial charge in [-0.3, -0.25) is 14.8 Å². The third-order valence-electron chi connectivity index (χ3n) is 7.49. The van der Waals surface area contributed by atoms with Gasteiger partial charge >= 0.3 is 18.0 Å². The van der Waals surface area contributed by atoms with E-state index in [1.54, 1.807) is 39.6 Å². The molecule has 3 aliphatic heterocycles. The van der Waals surface area contributed by atoms with Gasteiger partial charge < -0.3 is 20.4 Å². The Morgan fingerprint density at radius 2 is 1.93 bits per heavy atom. The summed E-state index contributed by atoms with van der Waals surface area (Å²) in [5, 5.41) is 25.0. The summed E-state index contributed by atoms with van der Waals surface area (Å²) < 4.78 is 14.4. The van der Waals surface area contributed by atoms with Crippen molar-refractivity contribution in [3.05, 3.63) is 92.3 Å². The number of nitrogens with one attached hydrogen (secondary N) is 1. The Bertz CT molecular complexity index is 1650. The monoisotopic (exact) mass is 610 g/mol. The normalized spacial score (nSPS) is 20.8. The van der Waals surface area contributed by atoms with Crippen LogP contribution in [0.25, 0.3) is 0 Å². The van der Waals surface area contributed by atoms with Crippen molar-refractivity contribution in [1.82, 2.24) is 20.1 Å². The first-order valence-corrected chi connectivity index (χ1v) is 14.3. The summed E-state index contributed by atoms with van der Waals surface area (Å²) in [6.45, 7) is 1.87. The average molecular weight is 611 g/mol. The van der Waals surface area contributed by atoms with Crippen molar-refractivity contribution in [2.75, 3.05) is 37.6 Å². The summed E-state index contributed by atoms with van der Waals surface area (Å²) in [4.78, 5) is 51.6. The van der Waals surface area contributed by atoms with Gasteiger partial charge in [0.05, 0.1) is 22.2 Å². The highest BCUT2D eigenvalue weighted by atomic mass is 35.5. The van der Waals surface area contributed by atoms with Crippen molar-refractivity contribution < 1.29 is 29.0 Å². The van der Waals surface area contributed by atoms with E-state index in [2.05, 4.69) is 15.3 Å². The number of aliphatic carboxylic acids is 1. The quantitative estimate of drug-likeness (QED) is 0.368. The summed E-state index contributed by atoms with van der Waals surface area (Å²) in [5.74, 6) is -2.61. The van der Waals surface area contributed by atoms with Gasteiger partial charge in [-0.1, -0.05) is 29.8 Å². The zero-order chi connectivity index (χ0) is 29.5. The van der Waals surface area contributed by atoms with Gasteiger partial charge in [0.15, 0.2) is 10.8 Å². The minimum absolute atomic E-state index is 0.0557. The molecule has 0 aliphatic carbocycles. The van der Waals surface area contributed by atoms with Crippen LogP contribution in [0, 0.1) is 5.82 Å². The Morgan fingerprint density at radius 1 is 1.12 bits per heavy atom. The summed E-state index contributed by atoms with van der Waals surface area (Å²) >= 11 is 7.62. The molecule has 3 aliphatic rings. The molecule has 4 heterocycles. The number of carbonyl (C=O) groups excluding carboxylic acids is 1. The molecule has 2 fully saturated rings. The van der Waals surface area contributed by atoms with E-state index in [-0.39, 0.29) is 40.3 Å². The first-order chi connectivity index (χ1) is 20.2. The molecule has 0 spiro atoms. The number of anilines is 1. The van der Waals surface area contributed by atoms with Gasteiger partial charge in [-0.2, -0.15) is 0 Å². The Labute approximate surface area is 248 Å². The number of rotatable bonds is 7. The van der Waals surface area contributed by atoms with Crippen molar-refractivity contribution in [2.45, 2.75) is 12.1 Å². The lowest BCUT2D eigenvalue weighted by Crippen LogP contribution is -2.53. The van der Waals surface area contributed by atoms with Gasteiger partial charge in [-0.05, 0) is 24.3 Å². The fraction of sp³-hybridized carbons (Fsp3) is 0.250. The number of nitrogens with zero attached hydrogens (tertiary/aromatic N) is 5. The predicted molar refractivity (Wildman–Crippen MR) is 154 cm³/mol. The summed E-state index contributed by atoms with van der Waals surface area (Å²) in [5.41, 5.74) is 1.14. The fourth-order valence-corrected chi connectivity index (χ4v) is 6.36. The number of halogens is 2. The molecule has 3 N–H and O–H groups in total. The number of carbonyl (C=O) groups is 3. The van der Waals surface area contributed by atoms with E-state index in [0.717, 1.165) is 0 Å². The second kappa shape index (κ2) is 11.2. The number of thiazole rings is 1. The van der Waals surface area contributed by atoms with Crippen LogP contribution >= 0.6 is 22.9 Å². The highest BCUT2D eigenvalue weighted by Crippen LogP contribution is 2.37. The van der Waals surface area contributed by atoms with Gasteiger partial charge in [-0.15, -0.1) is 11.3 Å². The highest BCUT2D eigenvalue weighted by molar-refractivity contribution is 7.11. The second-order valence-corrected chi connectivity index (χ2v) is 11.3. The van der Waals surface area contributed by atoms with Crippen LogP contribution in [-0.4, -0.2) is 87.6 Å². The number of fused-ring (bicyclic) bond motifs is 1. The molecule has 0 saturated carbocycles. The number of amides is 2. The van der Waals surface area contributed by atoms with E-state index in [4.69, 9.17) is 11.6 Å². The third kappa shape index (κ3) is 5.10. The van der Waals surface area contributed by atoms with E-state index >= 15 is 0 Å². The number of benzene rings is 2. The number of hydrogen-bond acceptors (Lipinski definition) is 8. The van der Waals surface area contributed by atoms with E-state index in [1.165, 1.54) is 35.6 Å². The molecule has 216 valence electrons. The van der Waals surface area contributed by atoms with Gasteiger partial charge in [0, 0.05) is 61.2 Å². The highest BCUT2D eigenvalue weighted by Gasteiger charge is 2.42. The number of amidine groups is 1. The summed E-state index contributed by atoms with van der Waals surface area (Å²) in [6.07, 6.45) is 1.61. The lowest BCUT2D eigenvalue weighted by Gasteiger charge is -2.37.